The molecule has 8 nitrogen and oxygen atoms in total. The summed E-state index contributed by atoms with van der Waals surface area (Å²) in [6.07, 6.45) is 7.67. The van der Waals surface area contributed by atoms with Crippen molar-refractivity contribution in [3.8, 4) is 0 Å². The SMILES string of the molecule is CC[C@@H]1C[C@H](NS(=O)(=O)C2CC2)C[C@]1(C)c1nnc2cnc3[nH]ccc3n12. The molecule has 2 fully saturated rings. The predicted octanol–water partition coefficient (Wildman–Crippen LogP) is 2.13. The van der Waals surface area contributed by atoms with Crippen molar-refractivity contribution in [1.82, 2.24) is 29.3 Å². The van der Waals surface area contributed by atoms with Crippen molar-refractivity contribution in [1.29, 1.82) is 0 Å². The predicted molar refractivity (Wildman–Crippen MR) is 102 cm³/mol. The summed E-state index contributed by atoms with van der Waals surface area (Å²) in [5.41, 5.74) is 2.21. The second-order valence-electron chi connectivity index (χ2n) is 8.21. The molecule has 0 spiro atoms. The summed E-state index contributed by atoms with van der Waals surface area (Å²) < 4.78 is 29.9. The van der Waals surface area contributed by atoms with Gasteiger partial charge in [-0.1, -0.05) is 20.3 Å². The van der Waals surface area contributed by atoms with E-state index in [0.717, 1.165) is 54.7 Å². The van der Waals surface area contributed by atoms with E-state index >= 15 is 0 Å². The fourth-order valence-corrected chi connectivity index (χ4v) is 6.39. The van der Waals surface area contributed by atoms with Crippen molar-refractivity contribution in [2.24, 2.45) is 5.92 Å². The first kappa shape index (κ1) is 17.1. The molecule has 0 radical (unpaired) electrons. The first-order valence-electron chi connectivity index (χ1n) is 9.61. The van der Waals surface area contributed by atoms with Crippen molar-refractivity contribution in [3.63, 3.8) is 0 Å². The summed E-state index contributed by atoms with van der Waals surface area (Å²) >= 11 is 0. The van der Waals surface area contributed by atoms with Crippen LogP contribution in [0.2, 0.25) is 0 Å². The standard InChI is InChI=1S/C18H24N6O2S/c1-3-11-8-12(23-27(25,26)13-4-5-13)9-18(11,2)17-22-21-15-10-20-16-14(24(15)17)6-7-19-16/h6-7,10-13,19,23H,3-5,8-9H2,1-2H3/t11-,12+,18+/m1/s1. The Morgan fingerprint density at radius 2 is 2.19 bits per heavy atom. The van der Waals surface area contributed by atoms with Gasteiger partial charge >= 0.3 is 0 Å². The summed E-state index contributed by atoms with van der Waals surface area (Å²) in [7, 11) is -3.20. The van der Waals surface area contributed by atoms with Gasteiger partial charge in [0.1, 0.15) is 5.82 Å². The summed E-state index contributed by atoms with van der Waals surface area (Å²) in [4.78, 5) is 7.53. The van der Waals surface area contributed by atoms with Crippen LogP contribution in [0.25, 0.3) is 16.8 Å². The molecule has 3 atom stereocenters. The molecule has 27 heavy (non-hydrogen) atoms. The van der Waals surface area contributed by atoms with Crippen molar-refractivity contribution < 1.29 is 8.42 Å². The van der Waals surface area contributed by atoms with Gasteiger partial charge in [-0.05, 0) is 37.7 Å². The van der Waals surface area contributed by atoms with Crippen LogP contribution in [-0.2, 0) is 15.4 Å². The first-order valence-corrected chi connectivity index (χ1v) is 11.2. The molecule has 0 amide bonds. The van der Waals surface area contributed by atoms with Crippen LogP contribution in [0.1, 0.15) is 51.8 Å². The monoisotopic (exact) mass is 388 g/mol. The number of aromatic nitrogens is 5. The summed E-state index contributed by atoms with van der Waals surface area (Å²) in [5, 5.41) is 8.69. The number of H-pyrrole nitrogens is 1. The maximum Gasteiger partial charge on any atom is 0.214 e. The van der Waals surface area contributed by atoms with Gasteiger partial charge < -0.3 is 4.98 Å². The minimum atomic E-state index is -3.20. The molecule has 0 saturated heterocycles. The van der Waals surface area contributed by atoms with Gasteiger partial charge in [0.25, 0.3) is 0 Å². The van der Waals surface area contributed by atoms with Crippen LogP contribution in [0.4, 0.5) is 0 Å². The third-order valence-electron chi connectivity index (χ3n) is 6.38. The largest absolute Gasteiger partial charge is 0.345 e. The number of nitrogens with zero attached hydrogens (tertiary/aromatic N) is 4. The Morgan fingerprint density at radius 3 is 2.93 bits per heavy atom. The third-order valence-corrected chi connectivity index (χ3v) is 8.39. The fraction of sp³-hybridized carbons (Fsp3) is 0.611. The van der Waals surface area contributed by atoms with E-state index in [1.807, 2.05) is 12.3 Å². The van der Waals surface area contributed by atoms with Gasteiger partial charge in [0.05, 0.1) is 17.0 Å². The minimum Gasteiger partial charge on any atom is -0.345 e. The van der Waals surface area contributed by atoms with E-state index < -0.39 is 10.0 Å². The highest BCUT2D eigenvalue weighted by molar-refractivity contribution is 7.90. The molecule has 144 valence electrons. The molecule has 3 aromatic rings. The second-order valence-corrected chi connectivity index (χ2v) is 10.2. The van der Waals surface area contributed by atoms with Gasteiger partial charge in [-0.3, -0.25) is 4.40 Å². The summed E-state index contributed by atoms with van der Waals surface area (Å²) in [5.74, 6) is 1.23. The minimum absolute atomic E-state index is 0.0542. The number of sulfonamides is 1. The van der Waals surface area contributed by atoms with E-state index in [-0.39, 0.29) is 16.7 Å². The van der Waals surface area contributed by atoms with Crippen molar-refractivity contribution >= 4 is 26.8 Å². The third kappa shape index (κ3) is 2.59. The van der Waals surface area contributed by atoms with Crippen LogP contribution < -0.4 is 4.72 Å². The summed E-state index contributed by atoms with van der Waals surface area (Å²) in [6, 6.07) is 1.93. The molecular formula is C18H24N6O2S. The van der Waals surface area contributed by atoms with Crippen LogP contribution in [0, 0.1) is 5.92 Å². The molecule has 3 heterocycles. The zero-order valence-electron chi connectivity index (χ0n) is 15.5. The molecule has 5 rings (SSSR count). The van der Waals surface area contributed by atoms with E-state index in [1.54, 1.807) is 6.20 Å². The van der Waals surface area contributed by atoms with E-state index in [0.29, 0.717) is 5.92 Å². The average molecular weight is 388 g/mol. The highest BCUT2D eigenvalue weighted by Crippen LogP contribution is 2.47. The number of hydrogen-bond donors (Lipinski definition) is 2. The van der Waals surface area contributed by atoms with E-state index in [1.165, 1.54) is 0 Å². The smallest absolute Gasteiger partial charge is 0.214 e. The number of fused-ring (bicyclic) bond motifs is 3. The number of aromatic amines is 1. The molecular weight excluding hydrogens is 364 g/mol. The molecule has 2 N–H and O–H groups in total. The average Bonchev–Trinajstić information content (AvgIpc) is 3.11. The normalized spacial score (nSPS) is 29.1. The Hall–Kier alpha value is -2.00. The van der Waals surface area contributed by atoms with Crippen molar-refractivity contribution in [3.05, 3.63) is 24.3 Å². The zero-order valence-corrected chi connectivity index (χ0v) is 16.3. The van der Waals surface area contributed by atoms with Gasteiger partial charge in [0.2, 0.25) is 10.0 Å². The molecule has 0 aliphatic heterocycles. The number of hydrogen-bond acceptors (Lipinski definition) is 5. The Labute approximate surface area is 157 Å². The van der Waals surface area contributed by atoms with Crippen LogP contribution in [-0.4, -0.2) is 44.3 Å². The quantitative estimate of drug-likeness (QED) is 0.697. The lowest BCUT2D eigenvalue weighted by Crippen LogP contribution is -2.36. The van der Waals surface area contributed by atoms with E-state index in [2.05, 4.69) is 43.1 Å². The molecule has 0 bridgehead atoms. The van der Waals surface area contributed by atoms with E-state index in [9.17, 15) is 8.42 Å². The lowest BCUT2D eigenvalue weighted by molar-refractivity contribution is 0.315. The maximum absolute atomic E-state index is 12.4. The van der Waals surface area contributed by atoms with Crippen LogP contribution in [0.15, 0.2) is 18.5 Å². The molecule has 0 unspecified atom stereocenters. The lowest BCUT2D eigenvalue weighted by Gasteiger charge is -2.29. The molecule has 2 aliphatic rings. The van der Waals surface area contributed by atoms with Crippen molar-refractivity contribution in [2.75, 3.05) is 0 Å². The number of rotatable bonds is 5. The Bertz CT molecular complexity index is 1120. The Morgan fingerprint density at radius 1 is 1.37 bits per heavy atom. The first-order chi connectivity index (χ1) is 12.9. The molecule has 3 aromatic heterocycles. The van der Waals surface area contributed by atoms with Crippen molar-refractivity contribution in [2.45, 2.75) is 62.7 Å². The molecule has 0 aromatic carbocycles. The van der Waals surface area contributed by atoms with Gasteiger partial charge in [-0.15, -0.1) is 10.2 Å². The van der Waals surface area contributed by atoms with Gasteiger partial charge in [-0.2, -0.15) is 0 Å². The molecule has 2 aliphatic carbocycles. The van der Waals surface area contributed by atoms with Gasteiger partial charge in [0.15, 0.2) is 11.3 Å². The summed E-state index contributed by atoms with van der Waals surface area (Å²) in [6.45, 7) is 4.36. The van der Waals surface area contributed by atoms with E-state index in [4.69, 9.17) is 0 Å². The fourth-order valence-electron chi connectivity index (χ4n) is 4.80. The second kappa shape index (κ2) is 5.75. The Kier molecular flexibility index (Phi) is 3.64. The molecule has 2 saturated carbocycles. The van der Waals surface area contributed by atoms with Gasteiger partial charge in [0, 0.05) is 17.7 Å². The zero-order chi connectivity index (χ0) is 18.8. The van der Waals surface area contributed by atoms with Crippen LogP contribution in [0.3, 0.4) is 0 Å². The van der Waals surface area contributed by atoms with Crippen LogP contribution >= 0.6 is 0 Å². The molecule has 9 heteroatoms. The lowest BCUT2D eigenvalue weighted by atomic mass is 9.77. The Balaban J connectivity index is 1.56. The number of nitrogens with one attached hydrogen (secondary N) is 2. The van der Waals surface area contributed by atoms with Gasteiger partial charge in [-0.25, -0.2) is 18.1 Å². The maximum atomic E-state index is 12.4. The highest BCUT2D eigenvalue weighted by Gasteiger charge is 2.49. The highest BCUT2D eigenvalue weighted by atomic mass is 32.2. The topological polar surface area (TPSA) is 105 Å². The van der Waals surface area contributed by atoms with Crippen LogP contribution in [0.5, 0.6) is 0 Å².